The summed E-state index contributed by atoms with van der Waals surface area (Å²) in [6, 6.07) is 3.58. The highest BCUT2D eigenvalue weighted by atomic mass is 79.9. The van der Waals surface area contributed by atoms with Crippen molar-refractivity contribution in [1.82, 2.24) is 20.3 Å². The molecule has 1 aromatic carbocycles. The van der Waals surface area contributed by atoms with Gasteiger partial charge in [-0.25, -0.2) is 4.68 Å². The number of hydrogen-bond acceptors (Lipinski definition) is 5. The van der Waals surface area contributed by atoms with Gasteiger partial charge in [-0.1, -0.05) is 16.8 Å². The maximum atomic E-state index is 6.27. The fourth-order valence-electron chi connectivity index (χ4n) is 2.21. The fourth-order valence-corrected chi connectivity index (χ4v) is 3.06. The van der Waals surface area contributed by atoms with Gasteiger partial charge in [0.2, 0.25) is 0 Å². The smallest absolute Gasteiger partial charge is 0.179 e. The standard InChI is InChI=1S/C13H16BrClN4O2/c1-16-10(11-13(14)17-18-19(11)2)7-5-8(15)12(21-4)9(6-7)20-3/h5-6,10,16H,1-4H3. The monoisotopic (exact) mass is 374 g/mol. The molecule has 0 amide bonds. The van der Waals surface area contributed by atoms with E-state index in [-0.39, 0.29) is 6.04 Å². The number of hydrogen-bond donors (Lipinski definition) is 1. The van der Waals surface area contributed by atoms with Gasteiger partial charge in [0.1, 0.15) is 0 Å². The Balaban J connectivity index is 2.56. The van der Waals surface area contributed by atoms with Gasteiger partial charge in [-0.15, -0.1) is 5.10 Å². The zero-order valence-electron chi connectivity index (χ0n) is 12.1. The Morgan fingerprint density at radius 3 is 2.52 bits per heavy atom. The van der Waals surface area contributed by atoms with E-state index in [0.29, 0.717) is 21.1 Å². The molecule has 0 aliphatic rings. The maximum absolute atomic E-state index is 6.27. The largest absolute Gasteiger partial charge is 0.493 e. The van der Waals surface area contributed by atoms with E-state index in [0.717, 1.165) is 11.3 Å². The summed E-state index contributed by atoms with van der Waals surface area (Å²) in [4.78, 5) is 0. The van der Waals surface area contributed by atoms with Crippen molar-refractivity contribution in [2.24, 2.45) is 7.05 Å². The minimum absolute atomic E-state index is 0.142. The van der Waals surface area contributed by atoms with Gasteiger partial charge in [-0.3, -0.25) is 0 Å². The number of rotatable bonds is 5. The average molecular weight is 376 g/mol. The summed E-state index contributed by atoms with van der Waals surface area (Å²) < 4.78 is 13.0. The lowest BCUT2D eigenvalue weighted by atomic mass is 10.0. The van der Waals surface area contributed by atoms with Gasteiger partial charge in [0.05, 0.1) is 31.0 Å². The normalized spacial score (nSPS) is 12.3. The van der Waals surface area contributed by atoms with Crippen molar-refractivity contribution in [3.8, 4) is 11.5 Å². The highest BCUT2D eigenvalue weighted by molar-refractivity contribution is 9.10. The van der Waals surface area contributed by atoms with Crippen LogP contribution in [0.3, 0.4) is 0 Å². The molecule has 1 heterocycles. The number of aryl methyl sites for hydroxylation is 1. The quantitative estimate of drug-likeness (QED) is 0.870. The second-order valence-corrected chi connectivity index (χ2v) is 5.51. The molecule has 8 heteroatoms. The average Bonchev–Trinajstić information content (AvgIpc) is 2.79. The number of methoxy groups -OCH3 is 2. The lowest BCUT2D eigenvalue weighted by molar-refractivity contribution is 0.354. The first kappa shape index (κ1) is 16.1. The molecule has 0 bridgehead atoms. The van der Waals surface area contributed by atoms with Crippen molar-refractivity contribution in [2.75, 3.05) is 21.3 Å². The van der Waals surface area contributed by atoms with Crippen LogP contribution < -0.4 is 14.8 Å². The van der Waals surface area contributed by atoms with E-state index in [4.69, 9.17) is 21.1 Å². The van der Waals surface area contributed by atoms with Crippen LogP contribution in [-0.4, -0.2) is 36.3 Å². The molecule has 1 aromatic heterocycles. The molecule has 0 radical (unpaired) electrons. The van der Waals surface area contributed by atoms with E-state index in [9.17, 15) is 0 Å². The Labute approximate surface area is 136 Å². The number of nitrogens with one attached hydrogen (secondary N) is 1. The summed E-state index contributed by atoms with van der Waals surface area (Å²) >= 11 is 9.69. The summed E-state index contributed by atoms with van der Waals surface area (Å²) in [7, 11) is 6.82. The minimum Gasteiger partial charge on any atom is -0.493 e. The third-order valence-corrected chi connectivity index (χ3v) is 4.02. The van der Waals surface area contributed by atoms with E-state index in [1.165, 1.54) is 0 Å². The highest BCUT2D eigenvalue weighted by Gasteiger charge is 2.23. The Bertz CT molecular complexity index is 628. The summed E-state index contributed by atoms with van der Waals surface area (Å²) in [5.74, 6) is 1.09. The Morgan fingerprint density at radius 1 is 1.33 bits per heavy atom. The van der Waals surface area contributed by atoms with Crippen LogP contribution in [0.1, 0.15) is 17.3 Å². The molecule has 0 aliphatic carbocycles. The van der Waals surface area contributed by atoms with Crippen LogP contribution in [0.25, 0.3) is 0 Å². The first-order chi connectivity index (χ1) is 10.0. The topological polar surface area (TPSA) is 61.2 Å². The summed E-state index contributed by atoms with van der Waals surface area (Å²) in [5.41, 5.74) is 1.81. The first-order valence-electron chi connectivity index (χ1n) is 6.17. The molecule has 21 heavy (non-hydrogen) atoms. The van der Waals surface area contributed by atoms with Gasteiger partial charge in [0.25, 0.3) is 0 Å². The maximum Gasteiger partial charge on any atom is 0.179 e. The molecular formula is C13H16BrClN4O2. The van der Waals surface area contributed by atoms with Crippen LogP contribution in [0.5, 0.6) is 11.5 Å². The van der Waals surface area contributed by atoms with Crippen LogP contribution in [0, 0.1) is 0 Å². The molecular weight excluding hydrogens is 360 g/mol. The van der Waals surface area contributed by atoms with Gasteiger partial charge < -0.3 is 14.8 Å². The molecule has 1 unspecified atom stereocenters. The molecule has 0 saturated carbocycles. The Morgan fingerprint density at radius 2 is 2.05 bits per heavy atom. The minimum atomic E-state index is -0.142. The third-order valence-electron chi connectivity index (χ3n) is 3.18. The first-order valence-corrected chi connectivity index (χ1v) is 7.34. The van der Waals surface area contributed by atoms with Crippen LogP contribution in [-0.2, 0) is 7.05 Å². The molecule has 6 nitrogen and oxygen atoms in total. The molecule has 114 valence electrons. The third kappa shape index (κ3) is 3.00. The number of aromatic nitrogens is 3. The van der Waals surface area contributed by atoms with Gasteiger partial charge in [0, 0.05) is 7.05 Å². The Hall–Kier alpha value is -1.31. The van der Waals surface area contributed by atoms with Gasteiger partial charge in [-0.05, 0) is 40.7 Å². The second-order valence-electron chi connectivity index (χ2n) is 4.35. The van der Waals surface area contributed by atoms with Gasteiger partial charge in [-0.2, -0.15) is 0 Å². The molecule has 2 rings (SSSR count). The summed E-state index contributed by atoms with van der Waals surface area (Å²) in [6.45, 7) is 0. The van der Waals surface area contributed by atoms with Crippen molar-refractivity contribution in [3.05, 3.63) is 33.0 Å². The molecule has 1 N–H and O–H groups in total. The molecule has 0 fully saturated rings. The predicted molar refractivity (Wildman–Crippen MR) is 84.2 cm³/mol. The number of halogens is 2. The van der Waals surface area contributed by atoms with Crippen molar-refractivity contribution < 1.29 is 9.47 Å². The predicted octanol–water partition coefficient (Wildman–Crippen LogP) is 2.56. The van der Waals surface area contributed by atoms with E-state index in [2.05, 4.69) is 31.6 Å². The van der Waals surface area contributed by atoms with Crippen LogP contribution >= 0.6 is 27.5 Å². The SMILES string of the molecule is CNC(c1cc(Cl)c(OC)c(OC)c1)c1c(Br)nnn1C. The van der Waals surface area contributed by atoms with Crippen molar-refractivity contribution in [1.29, 1.82) is 0 Å². The van der Waals surface area contributed by atoms with E-state index in [1.54, 1.807) is 18.9 Å². The van der Waals surface area contributed by atoms with E-state index >= 15 is 0 Å². The van der Waals surface area contributed by atoms with Crippen molar-refractivity contribution in [3.63, 3.8) is 0 Å². The van der Waals surface area contributed by atoms with Crippen LogP contribution in [0.2, 0.25) is 5.02 Å². The summed E-state index contributed by atoms with van der Waals surface area (Å²) in [6.07, 6.45) is 0. The number of ether oxygens (including phenoxy) is 2. The van der Waals surface area contributed by atoms with E-state index in [1.807, 2.05) is 26.2 Å². The van der Waals surface area contributed by atoms with Crippen molar-refractivity contribution >= 4 is 27.5 Å². The van der Waals surface area contributed by atoms with Gasteiger partial charge >= 0.3 is 0 Å². The highest BCUT2D eigenvalue weighted by Crippen LogP contribution is 2.39. The summed E-state index contributed by atoms with van der Waals surface area (Å²) in [5, 5.41) is 11.7. The lowest BCUT2D eigenvalue weighted by Crippen LogP contribution is -2.21. The molecule has 0 aliphatic heterocycles. The van der Waals surface area contributed by atoms with Gasteiger partial charge in [0.15, 0.2) is 16.1 Å². The second kappa shape index (κ2) is 6.64. The molecule has 0 spiro atoms. The number of nitrogens with zero attached hydrogens (tertiary/aromatic N) is 3. The van der Waals surface area contributed by atoms with E-state index < -0.39 is 0 Å². The Kier molecular flexibility index (Phi) is 5.08. The zero-order valence-corrected chi connectivity index (χ0v) is 14.5. The zero-order chi connectivity index (χ0) is 15.6. The van der Waals surface area contributed by atoms with Crippen LogP contribution in [0.4, 0.5) is 0 Å². The van der Waals surface area contributed by atoms with Crippen molar-refractivity contribution in [2.45, 2.75) is 6.04 Å². The molecule has 2 aromatic rings. The fraction of sp³-hybridized carbons (Fsp3) is 0.385. The number of benzene rings is 1. The lowest BCUT2D eigenvalue weighted by Gasteiger charge is -2.19. The van der Waals surface area contributed by atoms with Crippen LogP contribution in [0.15, 0.2) is 16.7 Å². The molecule has 0 saturated heterocycles. The molecule has 1 atom stereocenters.